The van der Waals surface area contributed by atoms with Gasteiger partial charge in [0.15, 0.2) is 0 Å². The molecule has 5 rings (SSSR count). The van der Waals surface area contributed by atoms with Gasteiger partial charge in [-0.3, -0.25) is 15.5 Å². The summed E-state index contributed by atoms with van der Waals surface area (Å²) in [6.45, 7) is 7.99. The number of hydrogen-bond donors (Lipinski definition) is 3. The number of carbonyl (C=O) groups excluding carboxylic acids is 1. The minimum atomic E-state index is -4.24. The Morgan fingerprint density at radius 3 is 2.59 bits per heavy atom. The van der Waals surface area contributed by atoms with Gasteiger partial charge in [0.1, 0.15) is 0 Å². The van der Waals surface area contributed by atoms with Gasteiger partial charge in [-0.15, -0.1) is 0 Å². The number of amides is 1. The highest BCUT2D eigenvalue weighted by atomic mass is 19.4. The number of nitrogens with one attached hydrogen (secondary N) is 3. The molecular weight excluding hydrogens is 505 g/mol. The maximum atomic E-state index is 14.1. The van der Waals surface area contributed by atoms with E-state index in [1.54, 1.807) is 0 Å². The Kier molecular flexibility index (Phi) is 9.44. The maximum Gasteiger partial charge on any atom is 0.392 e. The molecule has 1 amide bonds. The summed E-state index contributed by atoms with van der Waals surface area (Å²) in [5, 5.41) is 8.83. The molecule has 39 heavy (non-hydrogen) atoms. The van der Waals surface area contributed by atoms with Crippen molar-refractivity contribution in [3.8, 4) is 11.8 Å². The number of alkyl halides is 3. The normalized spacial score (nSPS) is 39.0. The number of halogens is 3. The van der Waals surface area contributed by atoms with Crippen LogP contribution in [0.15, 0.2) is 0 Å². The molecule has 5 fully saturated rings. The molecule has 0 aromatic carbocycles. The van der Waals surface area contributed by atoms with Gasteiger partial charge < -0.3 is 15.1 Å². The molecule has 220 valence electrons. The Labute approximate surface area is 231 Å². The van der Waals surface area contributed by atoms with Gasteiger partial charge in [-0.05, 0) is 70.3 Å². The fourth-order valence-electron chi connectivity index (χ4n) is 7.38. The van der Waals surface area contributed by atoms with Crippen molar-refractivity contribution in [3.05, 3.63) is 0 Å². The average Bonchev–Trinajstić information content (AvgIpc) is 3.33. The van der Waals surface area contributed by atoms with Crippen molar-refractivity contribution in [1.29, 1.82) is 0 Å². The van der Waals surface area contributed by atoms with Crippen molar-refractivity contribution < 1.29 is 18.0 Å². The summed E-state index contributed by atoms with van der Waals surface area (Å²) in [7, 11) is 2.06. The van der Waals surface area contributed by atoms with E-state index in [0.717, 1.165) is 65.0 Å². The Balaban J connectivity index is 1.14. The second kappa shape index (κ2) is 12.6. The van der Waals surface area contributed by atoms with Crippen LogP contribution < -0.4 is 16.1 Å². The summed E-state index contributed by atoms with van der Waals surface area (Å²) in [5.74, 6) is 5.54. The van der Waals surface area contributed by atoms with Crippen LogP contribution in [0.2, 0.25) is 0 Å². The van der Waals surface area contributed by atoms with Crippen LogP contribution in [0, 0.1) is 41.4 Å². The third-order valence-electron chi connectivity index (χ3n) is 10.0. The molecule has 2 aliphatic carbocycles. The van der Waals surface area contributed by atoms with E-state index in [0.29, 0.717) is 37.9 Å². The zero-order valence-corrected chi connectivity index (χ0v) is 23.6. The summed E-state index contributed by atoms with van der Waals surface area (Å²) in [5.41, 5.74) is 3.46. The SMILES string of the molecule is CC1CCC(C(=O)NC2CCC(CN3CCN(C)CC3)C(C(F)(F)F)C2)CC1C#CC1CNC2CCCNN12. The van der Waals surface area contributed by atoms with E-state index in [1.807, 2.05) is 0 Å². The minimum Gasteiger partial charge on any atom is -0.353 e. The van der Waals surface area contributed by atoms with Crippen molar-refractivity contribution in [2.45, 2.75) is 82.7 Å². The van der Waals surface area contributed by atoms with Gasteiger partial charge in [-0.25, -0.2) is 5.01 Å². The summed E-state index contributed by atoms with van der Waals surface area (Å²) < 4.78 is 42.4. The van der Waals surface area contributed by atoms with Gasteiger partial charge in [-0.2, -0.15) is 13.2 Å². The first-order valence-corrected chi connectivity index (χ1v) is 15.2. The Hall–Kier alpha value is -1.38. The van der Waals surface area contributed by atoms with Crippen molar-refractivity contribution in [3.63, 3.8) is 0 Å². The summed E-state index contributed by atoms with van der Waals surface area (Å²) in [6.07, 6.45) is 1.93. The molecule has 8 unspecified atom stereocenters. The monoisotopic (exact) mass is 552 g/mol. The van der Waals surface area contributed by atoms with Crippen LogP contribution in [0.3, 0.4) is 0 Å². The van der Waals surface area contributed by atoms with Crippen molar-refractivity contribution >= 4 is 5.91 Å². The first kappa shape index (κ1) is 29.1. The molecule has 10 heteroatoms. The summed E-state index contributed by atoms with van der Waals surface area (Å²) >= 11 is 0. The lowest BCUT2D eigenvalue weighted by Crippen LogP contribution is -2.52. The molecule has 3 aliphatic heterocycles. The van der Waals surface area contributed by atoms with E-state index >= 15 is 0 Å². The molecule has 3 saturated heterocycles. The van der Waals surface area contributed by atoms with Crippen LogP contribution in [-0.2, 0) is 4.79 Å². The highest BCUT2D eigenvalue weighted by molar-refractivity contribution is 5.79. The minimum absolute atomic E-state index is 0.00130. The highest BCUT2D eigenvalue weighted by Crippen LogP contribution is 2.42. The maximum absolute atomic E-state index is 14.1. The molecule has 7 nitrogen and oxygen atoms in total. The zero-order valence-electron chi connectivity index (χ0n) is 23.6. The van der Waals surface area contributed by atoms with Gasteiger partial charge >= 0.3 is 6.18 Å². The van der Waals surface area contributed by atoms with Gasteiger partial charge in [-0.1, -0.05) is 18.8 Å². The quantitative estimate of drug-likeness (QED) is 0.467. The fraction of sp³-hybridized carbons (Fsp3) is 0.897. The number of hydrogen-bond acceptors (Lipinski definition) is 6. The van der Waals surface area contributed by atoms with E-state index in [-0.39, 0.29) is 30.2 Å². The molecule has 2 saturated carbocycles. The zero-order chi connectivity index (χ0) is 27.6. The van der Waals surface area contributed by atoms with E-state index in [1.165, 1.54) is 0 Å². The molecule has 5 aliphatic rings. The smallest absolute Gasteiger partial charge is 0.353 e. The number of rotatable bonds is 4. The number of carbonyl (C=O) groups is 1. The molecule has 0 aromatic heterocycles. The molecule has 0 bridgehead atoms. The lowest BCUT2D eigenvalue weighted by Gasteiger charge is -2.42. The van der Waals surface area contributed by atoms with E-state index in [2.05, 4.69) is 56.7 Å². The summed E-state index contributed by atoms with van der Waals surface area (Å²) in [6, 6.07) is -0.263. The fourth-order valence-corrected chi connectivity index (χ4v) is 7.38. The van der Waals surface area contributed by atoms with Crippen LogP contribution in [-0.4, -0.2) is 98.0 Å². The molecule has 3 N–H and O–H groups in total. The van der Waals surface area contributed by atoms with Crippen LogP contribution in [0.25, 0.3) is 0 Å². The highest BCUT2D eigenvalue weighted by Gasteiger charge is 2.48. The Morgan fingerprint density at radius 2 is 1.82 bits per heavy atom. The van der Waals surface area contributed by atoms with Crippen LogP contribution in [0.1, 0.15) is 58.3 Å². The van der Waals surface area contributed by atoms with Gasteiger partial charge in [0.25, 0.3) is 0 Å². The van der Waals surface area contributed by atoms with Crippen LogP contribution in [0.4, 0.5) is 13.2 Å². The lowest BCUT2D eigenvalue weighted by atomic mass is 9.73. The molecule has 0 spiro atoms. The van der Waals surface area contributed by atoms with Crippen LogP contribution in [0.5, 0.6) is 0 Å². The van der Waals surface area contributed by atoms with Crippen molar-refractivity contribution in [2.24, 2.45) is 29.6 Å². The topological polar surface area (TPSA) is 62.9 Å². The number of fused-ring (bicyclic) bond motifs is 1. The first-order chi connectivity index (χ1) is 18.7. The van der Waals surface area contributed by atoms with Crippen molar-refractivity contribution in [2.75, 3.05) is 52.9 Å². The van der Waals surface area contributed by atoms with Crippen LogP contribution >= 0.6 is 0 Å². The molecule has 3 heterocycles. The Morgan fingerprint density at radius 1 is 1.03 bits per heavy atom. The van der Waals surface area contributed by atoms with Crippen molar-refractivity contribution in [1.82, 2.24) is 30.9 Å². The molecule has 0 radical (unpaired) electrons. The average molecular weight is 553 g/mol. The predicted molar refractivity (Wildman–Crippen MR) is 145 cm³/mol. The lowest BCUT2D eigenvalue weighted by molar-refractivity contribution is -0.200. The number of nitrogens with zero attached hydrogens (tertiary/aromatic N) is 3. The third kappa shape index (κ3) is 7.28. The van der Waals surface area contributed by atoms with Gasteiger partial charge in [0.05, 0.1) is 18.1 Å². The number of likely N-dealkylation sites (N-methyl/N-ethyl adjacent to an activating group) is 1. The standard InChI is InChI=1S/C29H47F3N6O/c1-20-5-6-22(16-21(20)8-10-25-18-33-27-4-3-11-34-38(25)27)28(39)35-24-9-7-23(26(17-24)29(30,31)32)19-37-14-12-36(2)13-15-37/h20-27,33-34H,3-7,9,11-19H2,1-2H3,(H,35,39). The second-order valence-corrected chi connectivity index (χ2v) is 12.8. The predicted octanol–water partition coefficient (Wildman–Crippen LogP) is 2.65. The number of hydrazine groups is 1. The molecular formula is C29H47F3N6O. The summed E-state index contributed by atoms with van der Waals surface area (Å²) in [4.78, 5) is 17.7. The van der Waals surface area contributed by atoms with Gasteiger partial charge in [0, 0.05) is 63.7 Å². The first-order valence-electron chi connectivity index (χ1n) is 15.2. The van der Waals surface area contributed by atoms with E-state index < -0.39 is 24.1 Å². The third-order valence-corrected chi connectivity index (χ3v) is 10.0. The molecule has 0 aromatic rings. The Bertz CT molecular complexity index is 898. The molecule has 8 atom stereocenters. The second-order valence-electron chi connectivity index (χ2n) is 12.8. The van der Waals surface area contributed by atoms with Gasteiger partial charge in [0.2, 0.25) is 5.91 Å². The number of piperazine rings is 1. The van der Waals surface area contributed by atoms with E-state index in [9.17, 15) is 18.0 Å². The van der Waals surface area contributed by atoms with E-state index in [4.69, 9.17) is 0 Å². The largest absolute Gasteiger partial charge is 0.392 e.